The summed E-state index contributed by atoms with van der Waals surface area (Å²) in [7, 11) is -3.63. The minimum absolute atomic E-state index is 0.0982. The van der Waals surface area contributed by atoms with Crippen LogP contribution in [0.25, 0.3) is 0 Å². The largest absolute Gasteiger partial charge is 0.455 e. The number of hydrogen-bond donors (Lipinski definition) is 1. The highest BCUT2D eigenvalue weighted by Gasteiger charge is 2.22. The number of para-hydroxylation sites is 3. The van der Waals surface area contributed by atoms with Crippen LogP contribution in [0.3, 0.4) is 0 Å². The van der Waals surface area contributed by atoms with Crippen molar-refractivity contribution in [1.29, 1.82) is 0 Å². The number of carbonyl (C=O) groups excluding carboxylic acids is 1. The summed E-state index contributed by atoms with van der Waals surface area (Å²) < 4.78 is 32.9. The second-order valence-corrected chi connectivity index (χ2v) is 10.8. The molecule has 1 amide bonds. The Kier molecular flexibility index (Phi) is 8.25. The van der Waals surface area contributed by atoms with Crippen molar-refractivity contribution in [1.82, 2.24) is 5.32 Å². The summed E-state index contributed by atoms with van der Waals surface area (Å²) in [5, 5.41) is 2.98. The number of ether oxygens (including phenoxy) is 1. The molecule has 0 aromatic heterocycles. The Morgan fingerprint density at radius 3 is 2.08 bits per heavy atom. The number of nitrogens with one attached hydrogen (secondary N) is 1. The van der Waals surface area contributed by atoms with Gasteiger partial charge in [0.2, 0.25) is 10.0 Å². The van der Waals surface area contributed by atoms with Gasteiger partial charge in [-0.2, -0.15) is 0 Å². The monoisotopic (exact) mass is 514 g/mol. The van der Waals surface area contributed by atoms with Crippen molar-refractivity contribution < 1.29 is 17.9 Å². The van der Waals surface area contributed by atoms with Crippen LogP contribution in [0.2, 0.25) is 0 Å². The molecule has 0 saturated heterocycles. The fourth-order valence-corrected chi connectivity index (χ4v) is 4.81. The first-order chi connectivity index (χ1) is 17.8. The highest BCUT2D eigenvalue weighted by atomic mass is 32.2. The summed E-state index contributed by atoms with van der Waals surface area (Å²) >= 11 is 0. The Morgan fingerprint density at radius 2 is 1.43 bits per heavy atom. The maximum Gasteiger partial charge on any atom is 0.251 e. The van der Waals surface area contributed by atoms with Gasteiger partial charge < -0.3 is 10.1 Å². The number of benzene rings is 4. The fraction of sp³-hybridized carbons (Fsp3) is 0.167. The van der Waals surface area contributed by atoms with Crippen LogP contribution in [-0.4, -0.2) is 27.1 Å². The van der Waals surface area contributed by atoms with Crippen molar-refractivity contribution in [3.63, 3.8) is 0 Å². The normalized spacial score (nSPS) is 11.9. The SMILES string of the molecule is C[C@@H](CNC(=O)c1ccc(CN(c2ccccc2Oc2ccccc2)S(C)(=O)=O)cc1)c1ccccc1. The molecule has 0 unspecified atom stereocenters. The molecule has 0 fully saturated rings. The zero-order valence-electron chi connectivity index (χ0n) is 20.9. The molecular weight excluding hydrogens is 484 g/mol. The summed E-state index contributed by atoms with van der Waals surface area (Å²) in [6, 6.07) is 33.2. The van der Waals surface area contributed by atoms with E-state index in [2.05, 4.69) is 12.2 Å². The van der Waals surface area contributed by atoms with Crippen LogP contribution in [0.4, 0.5) is 5.69 Å². The van der Waals surface area contributed by atoms with Crippen molar-refractivity contribution in [2.24, 2.45) is 0 Å². The first-order valence-electron chi connectivity index (χ1n) is 12.0. The number of hydrogen-bond acceptors (Lipinski definition) is 4. The van der Waals surface area contributed by atoms with Gasteiger partial charge in [-0.3, -0.25) is 9.10 Å². The van der Waals surface area contributed by atoms with E-state index >= 15 is 0 Å². The highest BCUT2D eigenvalue weighted by molar-refractivity contribution is 7.92. The molecule has 0 aliphatic heterocycles. The summed E-state index contributed by atoms with van der Waals surface area (Å²) in [6.07, 6.45) is 1.17. The topological polar surface area (TPSA) is 75.7 Å². The van der Waals surface area contributed by atoms with E-state index in [9.17, 15) is 13.2 Å². The number of carbonyl (C=O) groups is 1. The average Bonchev–Trinajstić information content (AvgIpc) is 2.91. The van der Waals surface area contributed by atoms with E-state index in [0.717, 1.165) is 11.1 Å². The first-order valence-corrected chi connectivity index (χ1v) is 13.9. The molecule has 0 aliphatic rings. The minimum atomic E-state index is -3.63. The quantitative estimate of drug-likeness (QED) is 0.283. The third kappa shape index (κ3) is 6.98. The number of anilines is 1. The van der Waals surface area contributed by atoms with Gasteiger partial charge in [-0.25, -0.2) is 8.42 Å². The maximum atomic E-state index is 12.8. The van der Waals surface area contributed by atoms with Gasteiger partial charge >= 0.3 is 0 Å². The van der Waals surface area contributed by atoms with E-state index in [-0.39, 0.29) is 18.4 Å². The predicted octanol–water partition coefficient (Wildman–Crippen LogP) is 5.98. The molecule has 0 heterocycles. The molecule has 0 spiro atoms. The van der Waals surface area contributed by atoms with E-state index in [1.807, 2.05) is 60.7 Å². The Morgan fingerprint density at radius 1 is 0.838 bits per heavy atom. The van der Waals surface area contributed by atoms with Crippen LogP contribution in [0.1, 0.15) is 34.3 Å². The van der Waals surface area contributed by atoms with Gasteiger partial charge in [0.15, 0.2) is 5.75 Å². The van der Waals surface area contributed by atoms with Crippen LogP contribution < -0.4 is 14.4 Å². The van der Waals surface area contributed by atoms with Crippen molar-refractivity contribution >= 4 is 21.6 Å². The molecule has 1 atom stereocenters. The predicted molar refractivity (Wildman–Crippen MR) is 148 cm³/mol. The second-order valence-electron chi connectivity index (χ2n) is 8.87. The van der Waals surface area contributed by atoms with Gasteiger partial charge in [0.1, 0.15) is 5.75 Å². The molecular formula is C30H30N2O4S. The fourth-order valence-electron chi connectivity index (χ4n) is 3.92. The summed E-state index contributed by atoms with van der Waals surface area (Å²) in [4.78, 5) is 12.7. The highest BCUT2D eigenvalue weighted by Crippen LogP contribution is 2.34. The van der Waals surface area contributed by atoms with Gasteiger partial charge in [-0.05, 0) is 53.4 Å². The summed E-state index contributed by atoms with van der Waals surface area (Å²) in [6.45, 7) is 2.68. The van der Waals surface area contributed by atoms with Gasteiger partial charge in [0.25, 0.3) is 5.91 Å². The number of rotatable bonds is 10. The lowest BCUT2D eigenvalue weighted by Crippen LogP contribution is -2.30. The maximum absolute atomic E-state index is 12.8. The van der Waals surface area contributed by atoms with Crippen LogP contribution in [0, 0.1) is 0 Å². The van der Waals surface area contributed by atoms with Crippen LogP contribution >= 0.6 is 0 Å². The first kappa shape index (κ1) is 26.0. The molecule has 190 valence electrons. The van der Waals surface area contributed by atoms with Crippen LogP contribution in [0.5, 0.6) is 11.5 Å². The van der Waals surface area contributed by atoms with Crippen molar-refractivity contribution in [2.75, 3.05) is 17.1 Å². The minimum Gasteiger partial charge on any atom is -0.455 e. The lowest BCUT2D eigenvalue weighted by atomic mass is 10.0. The number of amides is 1. The van der Waals surface area contributed by atoms with E-state index in [4.69, 9.17) is 4.74 Å². The van der Waals surface area contributed by atoms with Crippen LogP contribution in [-0.2, 0) is 16.6 Å². The van der Waals surface area contributed by atoms with Gasteiger partial charge in [-0.15, -0.1) is 0 Å². The lowest BCUT2D eigenvalue weighted by Gasteiger charge is -2.25. The molecule has 1 N–H and O–H groups in total. The molecule has 7 heteroatoms. The van der Waals surface area contributed by atoms with E-state index in [1.165, 1.54) is 10.6 Å². The zero-order chi connectivity index (χ0) is 26.3. The molecule has 4 aromatic rings. The molecule has 4 rings (SSSR count). The molecule has 0 aliphatic carbocycles. The van der Waals surface area contributed by atoms with Crippen LogP contribution in [0.15, 0.2) is 109 Å². The Bertz CT molecular complexity index is 1420. The molecule has 4 aromatic carbocycles. The standard InChI is InChI=1S/C30H30N2O4S/c1-23(25-11-5-3-6-12-25)21-31-30(33)26-19-17-24(18-20-26)22-32(37(2,34)35)28-15-9-10-16-29(28)36-27-13-7-4-8-14-27/h3-20,23H,21-22H2,1-2H3,(H,31,33)/t23-/m0/s1. The Labute approximate surface area is 218 Å². The second kappa shape index (κ2) is 11.8. The van der Waals surface area contributed by atoms with E-state index in [1.54, 1.807) is 48.5 Å². The van der Waals surface area contributed by atoms with Crippen molar-refractivity contribution in [3.05, 3.63) is 126 Å². The lowest BCUT2D eigenvalue weighted by molar-refractivity contribution is 0.0951. The average molecular weight is 515 g/mol. The summed E-state index contributed by atoms with van der Waals surface area (Å²) in [5.74, 6) is 1.06. The Hall–Kier alpha value is -4.10. The molecule has 0 bridgehead atoms. The van der Waals surface area contributed by atoms with E-state index < -0.39 is 10.0 Å². The van der Waals surface area contributed by atoms with Gasteiger partial charge in [-0.1, -0.05) is 79.7 Å². The van der Waals surface area contributed by atoms with Crippen molar-refractivity contribution in [3.8, 4) is 11.5 Å². The molecule has 0 radical (unpaired) electrons. The zero-order valence-corrected chi connectivity index (χ0v) is 21.7. The van der Waals surface area contributed by atoms with Gasteiger partial charge in [0, 0.05) is 12.1 Å². The summed E-state index contributed by atoms with van der Waals surface area (Å²) in [5.41, 5.74) is 2.86. The third-order valence-electron chi connectivity index (χ3n) is 5.99. The molecule has 0 saturated carbocycles. The number of sulfonamides is 1. The van der Waals surface area contributed by atoms with Crippen molar-refractivity contribution in [2.45, 2.75) is 19.4 Å². The van der Waals surface area contributed by atoms with Gasteiger partial charge in [0.05, 0.1) is 18.5 Å². The number of nitrogens with zero attached hydrogens (tertiary/aromatic N) is 1. The smallest absolute Gasteiger partial charge is 0.251 e. The third-order valence-corrected chi connectivity index (χ3v) is 7.11. The Balaban J connectivity index is 1.47. The van der Waals surface area contributed by atoms with E-state index in [0.29, 0.717) is 29.3 Å². The molecule has 37 heavy (non-hydrogen) atoms. The molecule has 6 nitrogen and oxygen atoms in total.